The molecule has 0 heterocycles. The van der Waals surface area contributed by atoms with Crippen LogP contribution < -0.4 is 0 Å². The fraction of sp³-hybridized carbons (Fsp3) is 0.727. The van der Waals surface area contributed by atoms with Crippen LogP contribution in [0.5, 0.6) is 0 Å². The quantitative estimate of drug-likeness (QED) is 0.395. The van der Waals surface area contributed by atoms with Crippen LogP contribution in [0.2, 0.25) is 0 Å². The Hall–Kier alpha value is -0.790. The van der Waals surface area contributed by atoms with Gasteiger partial charge in [0.25, 0.3) is 0 Å². The third kappa shape index (κ3) is 3.21. The van der Waals surface area contributed by atoms with E-state index in [-0.39, 0.29) is 0 Å². The molecule has 13 heavy (non-hydrogen) atoms. The normalized spacial score (nSPS) is 26.0. The molecule has 74 valence electrons. The van der Waals surface area contributed by atoms with E-state index in [9.17, 15) is 0 Å². The van der Waals surface area contributed by atoms with E-state index in [2.05, 4.69) is 25.1 Å². The molecule has 0 radical (unpaired) electrons. The molecule has 2 nitrogen and oxygen atoms in total. The molecular weight excluding hydrogens is 162 g/mol. The zero-order chi connectivity index (χ0) is 9.68. The minimum Gasteiger partial charge on any atom is -0.411 e. The van der Waals surface area contributed by atoms with Crippen LogP contribution in [-0.2, 0) is 0 Å². The smallest absolute Gasteiger partial charge is 0.0604 e. The van der Waals surface area contributed by atoms with E-state index in [1.165, 1.54) is 24.8 Å². The maximum atomic E-state index is 8.79. The van der Waals surface area contributed by atoms with E-state index in [1.807, 2.05) is 0 Å². The molecule has 1 aliphatic rings. The van der Waals surface area contributed by atoms with Crippen molar-refractivity contribution in [3.05, 3.63) is 11.6 Å². The summed E-state index contributed by atoms with van der Waals surface area (Å²) in [5, 5.41) is 12.2. The van der Waals surface area contributed by atoms with Crippen LogP contribution in [0.25, 0.3) is 0 Å². The van der Waals surface area contributed by atoms with Crippen molar-refractivity contribution >= 4 is 5.71 Å². The van der Waals surface area contributed by atoms with E-state index < -0.39 is 0 Å². The standard InChI is InChI=1S/C11H19NO/c1-9(2)7-8-10-5-3-4-6-11(10)12-13/h7,10,13H,3-6,8H2,1-2H3. The Balaban J connectivity index is 2.51. The summed E-state index contributed by atoms with van der Waals surface area (Å²) in [5.41, 5.74) is 2.35. The Morgan fingerprint density at radius 2 is 2.31 bits per heavy atom. The van der Waals surface area contributed by atoms with Gasteiger partial charge in [-0.1, -0.05) is 23.2 Å². The van der Waals surface area contributed by atoms with Crippen LogP contribution in [0.4, 0.5) is 0 Å². The maximum absolute atomic E-state index is 8.79. The number of hydrogen-bond acceptors (Lipinski definition) is 2. The van der Waals surface area contributed by atoms with Crippen molar-refractivity contribution < 1.29 is 5.21 Å². The van der Waals surface area contributed by atoms with E-state index in [1.54, 1.807) is 0 Å². The van der Waals surface area contributed by atoms with Crippen LogP contribution in [0.15, 0.2) is 16.8 Å². The van der Waals surface area contributed by atoms with Gasteiger partial charge in [-0.2, -0.15) is 0 Å². The Bertz CT molecular complexity index is 214. The SMILES string of the molecule is CC(C)=CCC1CCCCC1=NO. The average Bonchev–Trinajstić information content (AvgIpc) is 2.15. The summed E-state index contributed by atoms with van der Waals surface area (Å²) < 4.78 is 0. The molecular formula is C11H19NO. The van der Waals surface area contributed by atoms with E-state index in [4.69, 9.17) is 5.21 Å². The Morgan fingerprint density at radius 3 is 2.92 bits per heavy atom. The first-order valence-corrected chi connectivity index (χ1v) is 5.08. The highest BCUT2D eigenvalue weighted by Crippen LogP contribution is 2.25. The highest BCUT2D eigenvalue weighted by molar-refractivity contribution is 5.86. The molecule has 1 N–H and O–H groups in total. The van der Waals surface area contributed by atoms with E-state index >= 15 is 0 Å². The molecule has 1 aliphatic carbocycles. The number of nitrogens with zero attached hydrogens (tertiary/aromatic N) is 1. The summed E-state index contributed by atoms with van der Waals surface area (Å²) in [5.74, 6) is 0.494. The summed E-state index contributed by atoms with van der Waals surface area (Å²) in [6.45, 7) is 4.22. The van der Waals surface area contributed by atoms with Crippen molar-refractivity contribution in [3.8, 4) is 0 Å². The molecule has 1 saturated carbocycles. The molecule has 1 fully saturated rings. The molecule has 1 rings (SSSR count). The summed E-state index contributed by atoms with van der Waals surface area (Å²) in [4.78, 5) is 0. The minimum atomic E-state index is 0.494. The summed E-state index contributed by atoms with van der Waals surface area (Å²) in [6.07, 6.45) is 7.91. The average molecular weight is 181 g/mol. The van der Waals surface area contributed by atoms with Gasteiger partial charge in [0, 0.05) is 5.92 Å². The lowest BCUT2D eigenvalue weighted by Crippen LogP contribution is -2.18. The number of rotatable bonds is 2. The van der Waals surface area contributed by atoms with Crippen molar-refractivity contribution in [2.45, 2.75) is 46.0 Å². The number of allylic oxidation sites excluding steroid dienone is 2. The lowest BCUT2D eigenvalue weighted by Gasteiger charge is -2.21. The molecule has 0 aromatic carbocycles. The molecule has 2 heteroatoms. The largest absolute Gasteiger partial charge is 0.411 e. The maximum Gasteiger partial charge on any atom is 0.0604 e. The van der Waals surface area contributed by atoms with E-state index in [0.717, 1.165) is 18.6 Å². The molecule has 1 unspecified atom stereocenters. The third-order valence-electron chi connectivity index (χ3n) is 2.65. The van der Waals surface area contributed by atoms with Gasteiger partial charge in [0.05, 0.1) is 5.71 Å². The van der Waals surface area contributed by atoms with Gasteiger partial charge in [-0.25, -0.2) is 0 Å². The predicted octanol–water partition coefficient (Wildman–Crippen LogP) is 3.36. The topological polar surface area (TPSA) is 32.6 Å². The van der Waals surface area contributed by atoms with Crippen LogP contribution in [0, 0.1) is 5.92 Å². The van der Waals surface area contributed by atoms with Crippen molar-refractivity contribution in [1.82, 2.24) is 0 Å². The fourth-order valence-corrected chi connectivity index (χ4v) is 1.83. The van der Waals surface area contributed by atoms with Gasteiger partial charge in [-0.15, -0.1) is 0 Å². The summed E-state index contributed by atoms with van der Waals surface area (Å²) >= 11 is 0. The molecule has 0 aromatic rings. The highest BCUT2D eigenvalue weighted by atomic mass is 16.4. The molecule has 0 aromatic heterocycles. The molecule has 0 spiro atoms. The Morgan fingerprint density at radius 1 is 1.54 bits per heavy atom. The van der Waals surface area contributed by atoms with Gasteiger partial charge < -0.3 is 5.21 Å². The second kappa shape index (κ2) is 5.05. The summed E-state index contributed by atoms with van der Waals surface area (Å²) in [6, 6.07) is 0. The monoisotopic (exact) mass is 181 g/mol. The molecule has 0 amide bonds. The molecule has 0 aliphatic heterocycles. The first kappa shape index (κ1) is 10.3. The fourth-order valence-electron chi connectivity index (χ4n) is 1.83. The Kier molecular flexibility index (Phi) is 4.00. The van der Waals surface area contributed by atoms with Gasteiger partial charge in [-0.3, -0.25) is 0 Å². The van der Waals surface area contributed by atoms with Crippen molar-refractivity contribution in [2.24, 2.45) is 11.1 Å². The number of hydrogen-bond donors (Lipinski definition) is 1. The lowest BCUT2D eigenvalue weighted by molar-refractivity contribution is 0.309. The van der Waals surface area contributed by atoms with Crippen molar-refractivity contribution in [3.63, 3.8) is 0 Å². The second-order valence-corrected chi connectivity index (χ2v) is 4.05. The lowest BCUT2D eigenvalue weighted by atomic mass is 9.85. The van der Waals surface area contributed by atoms with Crippen molar-refractivity contribution in [1.29, 1.82) is 0 Å². The summed E-state index contributed by atoms with van der Waals surface area (Å²) in [7, 11) is 0. The zero-order valence-corrected chi connectivity index (χ0v) is 8.58. The first-order chi connectivity index (χ1) is 6.24. The van der Waals surface area contributed by atoms with E-state index in [0.29, 0.717) is 5.92 Å². The van der Waals surface area contributed by atoms with Gasteiger partial charge in [0.1, 0.15) is 0 Å². The van der Waals surface area contributed by atoms with Crippen LogP contribution in [0.3, 0.4) is 0 Å². The molecule has 1 atom stereocenters. The zero-order valence-electron chi connectivity index (χ0n) is 8.58. The Labute approximate surface area is 80.3 Å². The second-order valence-electron chi connectivity index (χ2n) is 4.05. The van der Waals surface area contributed by atoms with Crippen LogP contribution >= 0.6 is 0 Å². The first-order valence-electron chi connectivity index (χ1n) is 5.08. The minimum absolute atomic E-state index is 0.494. The number of oxime groups is 1. The van der Waals surface area contributed by atoms with Crippen molar-refractivity contribution in [2.75, 3.05) is 0 Å². The van der Waals surface area contributed by atoms with Gasteiger partial charge in [0.2, 0.25) is 0 Å². The van der Waals surface area contributed by atoms with Crippen LogP contribution in [0.1, 0.15) is 46.0 Å². The molecule has 0 saturated heterocycles. The van der Waals surface area contributed by atoms with Gasteiger partial charge in [-0.05, 0) is 39.5 Å². The van der Waals surface area contributed by atoms with Crippen LogP contribution in [-0.4, -0.2) is 10.9 Å². The van der Waals surface area contributed by atoms with Gasteiger partial charge >= 0.3 is 0 Å². The predicted molar refractivity (Wildman–Crippen MR) is 55.2 cm³/mol. The highest BCUT2D eigenvalue weighted by Gasteiger charge is 2.19. The molecule has 0 bridgehead atoms. The third-order valence-corrected chi connectivity index (χ3v) is 2.65. The van der Waals surface area contributed by atoms with Gasteiger partial charge in [0.15, 0.2) is 0 Å².